The second-order valence-corrected chi connectivity index (χ2v) is 3.65. The molecule has 0 saturated heterocycles. The average Bonchev–Trinajstić information content (AvgIpc) is 2.30. The number of anilines is 2. The molecule has 92 valence electrons. The van der Waals surface area contributed by atoms with Crippen molar-refractivity contribution < 1.29 is 9.59 Å². The first-order chi connectivity index (χ1) is 7.95. The van der Waals surface area contributed by atoms with Crippen molar-refractivity contribution in [2.24, 2.45) is 5.73 Å². The van der Waals surface area contributed by atoms with E-state index in [1.807, 2.05) is 0 Å². The van der Waals surface area contributed by atoms with Crippen LogP contribution < -0.4 is 22.1 Å². The summed E-state index contributed by atoms with van der Waals surface area (Å²) in [6.45, 7) is 1.71. The molecule has 0 aliphatic rings. The Bertz CT molecular complexity index is 445. The van der Waals surface area contributed by atoms with Crippen LogP contribution in [0.25, 0.3) is 0 Å². The van der Waals surface area contributed by atoms with E-state index in [0.29, 0.717) is 11.4 Å². The predicted octanol–water partition coefficient (Wildman–Crippen LogP) is -0.0859. The molecule has 0 bridgehead atoms. The molecule has 1 rings (SSSR count). The second-order valence-electron chi connectivity index (χ2n) is 3.65. The maximum Gasteiger partial charge on any atom is 0.250 e. The Kier molecular flexibility index (Phi) is 3.92. The number of rotatable bonds is 4. The first kappa shape index (κ1) is 12.8. The van der Waals surface area contributed by atoms with Crippen LogP contribution in [0.4, 0.5) is 11.4 Å². The number of nitrogens with two attached hydrogens (primary N) is 2. The molecule has 6 heteroatoms. The summed E-state index contributed by atoms with van der Waals surface area (Å²) < 4.78 is 0. The molecule has 17 heavy (non-hydrogen) atoms. The number of likely N-dealkylation sites (N-methyl/N-ethyl adjacent to an activating group) is 1. The summed E-state index contributed by atoms with van der Waals surface area (Å²) in [5.41, 5.74) is 11.9. The maximum atomic E-state index is 11.3. The highest BCUT2D eigenvalue weighted by molar-refractivity contribution is 5.99. The summed E-state index contributed by atoms with van der Waals surface area (Å²) >= 11 is 0. The van der Waals surface area contributed by atoms with E-state index in [9.17, 15) is 9.59 Å². The van der Waals surface area contributed by atoms with Gasteiger partial charge in [0.25, 0.3) is 5.91 Å². The zero-order valence-corrected chi connectivity index (χ0v) is 9.78. The van der Waals surface area contributed by atoms with Crippen molar-refractivity contribution in [3.63, 3.8) is 0 Å². The van der Waals surface area contributed by atoms with Crippen molar-refractivity contribution in [2.45, 2.75) is 13.0 Å². The van der Waals surface area contributed by atoms with Gasteiger partial charge in [0.05, 0.1) is 5.56 Å². The molecule has 0 fully saturated rings. The highest BCUT2D eigenvalue weighted by Crippen LogP contribution is 2.18. The molecule has 0 aliphatic heterocycles. The molecular weight excluding hydrogens is 220 g/mol. The summed E-state index contributed by atoms with van der Waals surface area (Å²) in [4.78, 5) is 22.4. The lowest BCUT2D eigenvalue weighted by atomic mass is 10.1. The van der Waals surface area contributed by atoms with Gasteiger partial charge in [0.1, 0.15) is 6.04 Å². The third-order valence-electron chi connectivity index (χ3n) is 2.34. The van der Waals surface area contributed by atoms with Gasteiger partial charge in [-0.15, -0.1) is 0 Å². The number of carbonyl (C=O) groups excluding carboxylic acids is 2. The van der Waals surface area contributed by atoms with Gasteiger partial charge in [0.2, 0.25) is 5.91 Å². The molecule has 6 nitrogen and oxygen atoms in total. The van der Waals surface area contributed by atoms with Crippen LogP contribution in [0.3, 0.4) is 0 Å². The van der Waals surface area contributed by atoms with Gasteiger partial charge >= 0.3 is 0 Å². The molecule has 0 aromatic heterocycles. The summed E-state index contributed by atoms with van der Waals surface area (Å²) in [5, 5.41) is 5.46. The average molecular weight is 236 g/mol. The largest absolute Gasteiger partial charge is 0.398 e. The maximum absolute atomic E-state index is 11.3. The summed E-state index contributed by atoms with van der Waals surface area (Å²) in [6.07, 6.45) is 0. The Morgan fingerprint density at radius 2 is 2.00 bits per heavy atom. The van der Waals surface area contributed by atoms with Gasteiger partial charge in [-0.2, -0.15) is 0 Å². The SMILES string of the molecule is CNC(=O)C(C)Nc1ccc(N)c(C(N)=O)c1. The number of hydrogen-bond acceptors (Lipinski definition) is 4. The molecule has 0 saturated carbocycles. The number of amides is 2. The van der Waals surface area contributed by atoms with Gasteiger partial charge < -0.3 is 22.1 Å². The Morgan fingerprint density at radius 3 is 2.53 bits per heavy atom. The summed E-state index contributed by atoms with van der Waals surface area (Å²) in [7, 11) is 1.55. The van der Waals surface area contributed by atoms with Crippen molar-refractivity contribution in [1.82, 2.24) is 5.32 Å². The number of nitrogen functional groups attached to an aromatic ring is 1. The highest BCUT2D eigenvalue weighted by Gasteiger charge is 2.12. The molecule has 0 radical (unpaired) electrons. The van der Waals surface area contributed by atoms with Gasteiger partial charge in [-0.05, 0) is 25.1 Å². The zero-order valence-electron chi connectivity index (χ0n) is 9.78. The van der Waals surface area contributed by atoms with Crippen LogP contribution in [0.2, 0.25) is 0 Å². The van der Waals surface area contributed by atoms with Crippen LogP contribution >= 0.6 is 0 Å². The third-order valence-corrected chi connectivity index (χ3v) is 2.34. The van der Waals surface area contributed by atoms with Crippen LogP contribution in [0.5, 0.6) is 0 Å². The molecule has 2 amide bonds. The lowest BCUT2D eigenvalue weighted by Gasteiger charge is -2.14. The molecule has 1 atom stereocenters. The molecule has 6 N–H and O–H groups in total. The van der Waals surface area contributed by atoms with Gasteiger partial charge in [-0.1, -0.05) is 0 Å². The van der Waals surface area contributed by atoms with Crippen LogP contribution in [0.15, 0.2) is 18.2 Å². The minimum Gasteiger partial charge on any atom is -0.398 e. The smallest absolute Gasteiger partial charge is 0.250 e. The predicted molar refractivity (Wildman–Crippen MR) is 66.5 cm³/mol. The number of hydrogen-bond donors (Lipinski definition) is 4. The van der Waals surface area contributed by atoms with E-state index in [2.05, 4.69) is 10.6 Å². The van der Waals surface area contributed by atoms with Crippen LogP contribution in [0, 0.1) is 0 Å². The van der Waals surface area contributed by atoms with Gasteiger partial charge in [-0.3, -0.25) is 9.59 Å². The molecular formula is C11H16N4O2. The van der Waals surface area contributed by atoms with Crippen molar-refractivity contribution in [2.75, 3.05) is 18.1 Å². The molecule has 1 unspecified atom stereocenters. The fourth-order valence-electron chi connectivity index (χ4n) is 1.39. The molecule has 1 aromatic carbocycles. The van der Waals surface area contributed by atoms with Crippen LogP contribution in [-0.4, -0.2) is 24.9 Å². The van der Waals surface area contributed by atoms with Crippen molar-refractivity contribution >= 4 is 23.2 Å². The second kappa shape index (κ2) is 5.20. The fraction of sp³-hybridized carbons (Fsp3) is 0.273. The van der Waals surface area contributed by atoms with E-state index in [0.717, 1.165) is 0 Å². The van der Waals surface area contributed by atoms with Crippen LogP contribution in [0.1, 0.15) is 17.3 Å². The number of carbonyl (C=O) groups is 2. The number of primary amides is 1. The normalized spacial score (nSPS) is 11.6. The first-order valence-electron chi connectivity index (χ1n) is 5.13. The Hall–Kier alpha value is -2.24. The van der Waals surface area contributed by atoms with Crippen molar-refractivity contribution in [3.8, 4) is 0 Å². The Morgan fingerprint density at radius 1 is 1.35 bits per heavy atom. The fourth-order valence-corrected chi connectivity index (χ4v) is 1.39. The molecule has 0 heterocycles. The van der Waals surface area contributed by atoms with Crippen molar-refractivity contribution in [1.29, 1.82) is 0 Å². The molecule has 1 aromatic rings. The summed E-state index contributed by atoms with van der Waals surface area (Å²) in [6, 6.07) is 4.36. The standard InChI is InChI=1S/C11H16N4O2/c1-6(11(17)14-2)15-7-3-4-9(12)8(5-7)10(13)16/h3-6,15H,12H2,1-2H3,(H2,13,16)(H,14,17). The number of benzene rings is 1. The lowest BCUT2D eigenvalue weighted by molar-refractivity contribution is -0.121. The monoisotopic (exact) mass is 236 g/mol. The third kappa shape index (κ3) is 3.10. The minimum absolute atomic E-state index is 0.151. The van der Waals surface area contributed by atoms with Gasteiger partial charge in [0, 0.05) is 18.4 Å². The van der Waals surface area contributed by atoms with Gasteiger partial charge in [-0.25, -0.2) is 0 Å². The zero-order chi connectivity index (χ0) is 13.0. The van der Waals surface area contributed by atoms with E-state index in [4.69, 9.17) is 11.5 Å². The topological polar surface area (TPSA) is 110 Å². The lowest BCUT2D eigenvalue weighted by Crippen LogP contribution is -2.35. The van der Waals surface area contributed by atoms with E-state index >= 15 is 0 Å². The van der Waals surface area contributed by atoms with Crippen molar-refractivity contribution in [3.05, 3.63) is 23.8 Å². The highest BCUT2D eigenvalue weighted by atomic mass is 16.2. The molecule has 0 aliphatic carbocycles. The van der Waals surface area contributed by atoms with E-state index in [1.54, 1.807) is 26.1 Å². The first-order valence-corrected chi connectivity index (χ1v) is 5.13. The number of nitrogens with one attached hydrogen (secondary N) is 2. The molecule has 0 spiro atoms. The van der Waals surface area contributed by atoms with E-state index in [-0.39, 0.29) is 11.5 Å². The van der Waals surface area contributed by atoms with Crippen LogP contribution in [-0.2, 0) is 4.79 Å². The Labute approximate surface area is 99.4 Å². The minimum atomic E-state index is -0.598. The Balaban J connectivity index is 2.90. The van der Waals surface area contributed by atoms with E-state index in [1.165, 1.54) is 6.07 Å². The quantitative estimate of drug-likeness (QED) is 0.548. The van der Waals surface area contributed by atoms with Gasteiger partial charge in [0.15, 0.2) is 0 Å². The van der Waals surface area contributed by atoms with E-state index < -0.39 is 11.9 Å². The summed E-state index contributed by atoms with van der Waals surface area (Å²) in [5.74, 6) is -0.749.